The van der Waals surface area contributed by atoms with Crippen LogP contribution in [-0.4, -0.2) is 56.1 Å². The van der Waals surface area contributed by atoms with Crippen LogP contribution < -0.4 is 10.1 Å². The summed E-state index contributed by atoms with van der Waals surface area (Å²) < 4.78 is 28.5. The zero-order valence-corrected chi connectivity index (χ0v) is 25.5. The van der Waals surface area contributed by atoms with Crippen LogP contribution in [0.25, 0.3) is 0 Å². The highest BCUT2D eigenvalue weighted by molar-refractivity contribution is 6.72. The number of halogens is 1. The molecule has 0 spiro atoms. The van der Waals surface area contributed by atoms with E-state index in [1.165, 1.54) is 0 Å². The number of hydrogen-bond donors (Lipinski definition) is 2. The summed E-state index contributed by atoms with van der Waals surface area (Å²) in [5.74, 6) is -0.115. The van der Waals surface area contributed by atoms with Gasteiger partial charge >= 0.3 is 0 Å². The Kier molecular flexibility index (Phi) is 8.82. The third-order valence-electron chi connectivity index (χ3n) is 8.68. The highest BCUT2D eigenvalue weighted by Gasteiger charge is 2.49. The molecule has 5 rings (SSSR count). The normalized spacial score (nSPS) is 22.4. The van der Waals surface area contributed by atoms with Crippen molar-refractivity contribution in [2.75, 3.05) is 19.0 Å². The molecule has 0 saturated carbocycles. The minimum atomic E-state index is -3.43. The molecule has 3 aromatic carbocycles. The van der Waals surface area contributed by atoms with Crippen LogP contribution in [0.5, 0.6) is 5.75 Å². The van der Waals surface area contributed by atoms with Crippen LogP contribution in [0.1, 0.15) is 46.5 Å². The van der Waals surface area contributed by atoms with E-state index in [0.717, 1.165) is 16.7 Å². The Labute approximate surface area is 247 Å². The van der Waals surface area contributed by atoms with E-state index in [4.69, 9.17) is 9.47 Å². The maximum Gasteiger partial charge on any atom is 0.255 e. The first-order valence-corrected chi connectivity index (χ1v) is 17.4. The van der Waals surface area contributed by atoms with Crippen molar-refractivity contribution in [2.24, 2.45) is 5.92 Å². The van der Waals surface area contributed by atoms with E-state index in [2.05, 4.69) is 5.32 Å². The summed E-state index contributed by atoms with van der Waals surface area (Å²) in [7, 11) is -1.82. The molecule has 0 aromatic heterocycles. The number of rotatable bonds is 8. The lowest BCUT2D eigenvalue weighted by Gasteiger charge is -2.44. The number of nitrogens with one attached hydrogen (secondary N) is 1. The predicted molar refractivity (Wildman–Crippen MR) is 163 cm³/mol. The number of carbonyl (C=O) groups excluding carboxylic acids is 2. The van der Waals surface area contributed by atoms with Gasteiger partial charge in [0.25, 0.3) is 5.91 Å². The van der Waals surface area contributed by atoms with Crippen LogP contribution in [0.4, 0.5) is 9.80 Å². The van der Waals surface area contributed by atoms with Gasteiger partial charge in [0.05, 0.1) is 18.8 Å². The summed E-state index contributed by atoms with van der Waals surface area (Å²) in [6, 6.07) is 21.9. The number of anilines is 1. The molecule has 3 aromatic rings. The van der Waals surface area contributed by atoms with E-state index in [0.29, 0.717) is 30.0 Å². The Hall–Kier alpha value is -3.53. The SMILES string of the molecule is CO[C@@H]1c2cc(NC(=O)c3ccccc3)ccc2O[C@H](C(CC(=O)N2Cc3ccccc3C[C@H]2CO)[Si](C)(C)F)[C@H]1C. The minimum absolute atomic E-state index is 0.0135. The van der Waals surface area contributed by atoms with E-state index in [1.807, 2.05) is 55.5 Å². The van der Waals surface area contributed by atoms with E-state index >= 15 is 4.11 Å². The molecular formula is C33H39FN2O5Si. The van der Waals surface area contributed by atoms with Gasteiger partial charge in [-0.3, -0.25) is 9.59 Å². The fraction of sp³-hybridized carbons (Fsp3) is 0.394. The smallest absolute Gasteiger partial charge is 0.255 e. The summed E-state index contributed by atoms with van der Waals surface area (Å²) >= 11 is 0. The first-order valence-electron chi connectivity index (χ1n) is 14.5. The van der Waals surface area contributed by atoms with Crippen molar-refractivity contribution >= 4 is 25.9 Å². The molecule has 0 saturated heterocycles. The molecule has 222 valence electrons. The molecule has 2 aliphatic rings. The van der Waals surface area contributed by atoms with Crippen molar-refractivity contribution in [3.63, 3.8) is 0 Å². The highest BCUT2D eigenvalue weighted by atomic mass is 28.4. The number of fused-ring (bicyclic) bond motifs is 2. The van der Waals surface area contributed by atoms with Gasteiger partial charge in [0, 0.05) is 48.3 Å². The second-order valence-electron chi connectivity index (χ2n) is 11.9. The average Bonchev–Trinajstić information content (AvgIpc) is 2.99. The third-order valence-corrected chi connectivity index (χ3v) is 11.0. The zero-order chi connectivity index (χ0) is 30.0. The number of benzene rings is 3. The largest absolute Gasteiger partial charge is 0.490 e. The maximum absolute atomic E-state index is 16.1. The lowest BCUT2D eigenvalue weighted by Crippen LogP contribution is -2.50. The minimum Gasteiger partial charge on any atom is -0.490 e. The van der Waals surface area contributed by atoms with E-state index in [1.54, 1.807) is 49.4 Å². The van der Waals surface area contributed by atoms with Gasteiger partial charge in [-0.05, 0) is 61.0 Å². The van der Waals surface area contributed by atoms with Crippen LogP contribution >= 0.6 is 0 Å². The topological polar surface area (TPSA) is 88.1 Å². The molecule has 0 fully saturated rings. The molecule has 42 heavy (non-hydrogen) atoms. The third kappa shape index (κ3) is 6.14. The number of amides is 2. The van der Waals surface area contributed by atoms with Gasteiger partial charge in [-0.1, -0.05) is 49.4 Å². The monoisotopic (exact) mass is 590 g/mol. The van der Waals surface area contributed by atoms with E-state index in [-0.39, 0.29) is 36.8 Å². The standard InChI is InChI=1S/C33H39FN2O5Si/c1-21-31(40-2)27-17-25(35-33(39)22-10-6-5-7-11-22)14-15-28(27)41-32(21)29(42(3,4)34)18-30(38)36-19-24-13-9-8-12-23(24)16-26(36)20-37/h5-15,17,21,26,29,31-32,37H,16,18-20H2,1-4H3,(H,35,39)/t21-,26-,29?,31-,32-/m0/s1. The number of carbonyl (C=O) groups is 2. The Morgan fingerprint density at radius 3 is 2.45 bits per heavy atom. The number of hydrogen-bond acceptors (Lipinski definition) is 5. The van der Waals surface area contributed by atoms with Crippen LogP contribution in [0, 0.1) is 5.92 Å². The molecule has 0 bridgehead atoms. The number of aliphatic hydroxyl groups is 1. The zero-order valence-electron chi connectivity index (χ0n) is 24.5. The molecule has 0 radical (unpaired) electrons. The van der Waals surface area contributed by atoms with Gasteiger partial charge in [0.2, 0.25) is 14.3 Å². The molecule has 2 N–H and O–H groups in total. The quantitative estimate of drug-likeness (QED) is 0.252. The number of methoxy groups -OCH3 is 1. The Bertz CT molecular complexity index is 1430. The van der Waals surface area contributed by atoms with Gasteiger partial charge < -0.3 is 28.9 Å². The van der Waals surface area contributed by atoms with Gasteiger partial charge in [-0.15, -0.1) is 0 Å². The van der Waals surface area contributed by atoms with E-state index in [9.17, 15) is 14.7 Å². The van der Waals surface area contributed by atoms with Crippen molar-refractivity contribution < 1.29 is 28.3 Å². The van der Waals surface area contributed by atoms with Gasteiger partial charge in [-0.25, -0.2) is 0 Å². The van der Waals surface area contributed by atoms with Crippen LogP contribution in [-0.2, 0) is 22.5 Å². The van der Waals surface area contributed by atoms with Crippen molar-refractivity contribution in [1.82, 2.24) is 4.90 Å². The number of nitrogens with zero attached hydrogens (tertiary/aromatic N) is 1. The molecule has 0 aliphatic carbocycles. The van der Waals surface area contributed by atoms with Crippen molar-refractivity contribution in [1.29, 1.82) is 0 Å². The van der Waals surface area contributed by atoms with Crippen molar-refractivity contribution in [3.05, 3.63) is 95.1 Å². The molecular weight excluding hydrogens is 551 g/mol. The maximum atomic E-state index is 16.1. The molecule has 2 heterocycles. The van der Waals surface area contributed by atoms with E-state index < -0.39 is 26.2 Å². The first-order chi connectivity index (χ1) is 20.1. The van der Waals surface area contributed by atoms with Gasteiger partial charge in [0.15, 0.2) is 0 Å². The van der Waals surface area contributed by atoms with Crippen molar-refractivity contribution in [2.45, 2.75) is 63.2 Å². The lowest BCUT2D eigenvalue weighted by atomic mass is 9.86. The Balaban J connectivity index is 1.38. The summed E-state index contributed by atoms with van der Waals surface area (Å²) in [5, 5.41) is 13.0. The molecule has 1 unspecified atom stereocenters. The summed E-state index contributed by atoms with van der Waals surface area (Å²) in [6.45, 7) is 5.44. The first kappa shape index (κ1) is 29.9. The van der Waals surface area contributed by atoms with Crippen LogP contribution in [0.3, 0.4) is 0 Å². The highest BCUT2D eigenvalue weighted by Crippen LogP contribution is 2.48. The molecule has 2 aliphatic heterocycles. The van der Waals surface area contributed by atoms with Crippen LogP contribution in [0.15, 0.2) is 72.8 Å². The fourth-order valence-corrected chi connectivity index (χ4v) is 8.16. The van der Waals surface area contributed by atoms with Gasteiger partial charge in [0.1, 0.15) is 11.9 Å². The number of ether oxygens (including phenoxy) is 2. The van der Waals surface area contributed by atoms with Crippen LogP contribution in [0.2, 0.25) is 18.6 Å². The summed E-state index contributed by atoms with van der Waals surface area (Å²) in [4.78, 5) is 28.2. The Morgan fingerprint density at radius 1 is 1.10 bits per heavy atom. The average molecular weight is 591 g/mol. The summed E-state index contributed by atoms with van der Waals surface area (Å²) in [6.07, 6.45) is -0.459. The fourth-order valence-electron chi connectivity index (χ4n) is 6.35. The second kappa shape index (κ2) is 12.4. The molecule has 9 heteroatoms. The van der Waals surface area contributed by atoms with Gasteiger partial charge in [-0.2, -0.15) is 0 Å². The number of aliphatic hydroxyl groups excluding tert-OH is 1. The lowest BCUT2D eigenvalue weighted by molar-refractivity contribution is -0.136. The Morgan fingerprint density at radius 2 is 1.79 bits per heavy atom. The second-order valence-corrected chi connectivity index (χ2v) is 15.7. The molecule has 7 nitrogen and oxygen atoms in total. The van der Waals surface area contributed by atoms with Crippen molar-refractivity contribution in [3.8, 4) is 5.75 Å². The predicted octanol–water partition coefficient (Wildman–Crippen LogP) is 5.90. The summed E-state index contributed by atoms with van der Waals surface area (Å²) in [5.41, 5.74) is 3.45. The molecule has 5 atom stereocenters. The molecule has 2 amide bonds.